The number of allylic oxidation sites excluding steroid dienone is 4. The summed E-state index contributed by atoms with van der Waals surface area (Å²) in [6.45, 7) is 0.558. The predicted octanol–water partition coefficient (Wildman–Crippen LogP) is 0.933. The van der Waals surface area contributed by atoms with Gasteiger partial charge in [-0.2, -0.15) is 0 Å². The first-order valence-corrected chi connectivity index (χ1v) is 9.27. The van der Waals surface area contributed by atoms with E-state index in [2.05, 4.69) is 21.0 Å². The molecule has 3 amide bonds. The summed E-state index contributed by atoms with van der Waals surface area (Å²) in [5, 5.41) is 2.82. The Hall–Kier alpha value is -3.77. The Morgan fingerprint density at radius 1 is 1.17 bits per heavy atom. The van der Waals surface area contributed by atoms with Crippen LogP contribution in [0.25, 0.3) is 5.57 Å². The molecule has 0 spiro atoms. The van der Waals surface area contributed by atoms with Crippen molar-refractivity contribution in [1.82, 2.24) is 25.1 Å². The Kier molecular flexibility index (Phi) is 4.93. The van der Waals surface area contributed by atoms with E-state index in [1.165, 1.54) is 7.05 Å². The van der Waals surface area contributed by atoms with Crippen LogP contribution in [0.2, 0.25) is 0 Å². The van der Waals surface area contributed by atoms with Crippen LogP contribution in [0.5, 0.6) is 0 Å². The maximum atomic E-state index is 12.6. The van der Waals surface area contributed by atoms with Crippen molar-refractivity contribution in [2.45, 2.75) is 12.8 Å². The zero-order chi connectivity index (χ0) is 20.4. The van der Waals surface area contributed by atoms with Crippen LogP contribution >= 0.6 is 0 Å². The third-order valence-electron chi connectivity index (χ3n) is 4.89. The number of carbonyl (C=O) groups is 3. The average Bonchev–Trinajstić information content (AvgIpc) is 2.89. The van der Waals surface area contributed by atoms with Crippen LogP contribution in [0.15, 0.2) is 65.5 Å². The van der Waals surface area contributed by atoms with Gasteiger partial charge in [0.2, 0.25) is 5.91 Å². The molecule has 8 heteroatoms. The molecule has 0 atom stereocenters. The van der Waals surface area contributed by atoms with Crippen molar-refractivity contribution in [3.05, 3.63) is 71.3 Å². The van der Waals surface area contributed by atoms with Crippen LogP contribution in [0.1, 0.15) is 18.7 Å². The number of hydrogen-bond donors (Lipinski definition) is 1. The van der Waals surface area contributed by atoms with E-state index in [9.17, 15) is 14.4 Å². The monoisotopic (exact) mass is 389 g/mol. The summed E-state index contributed by atoms with van der Waals surface area (Å²) in [7, 11) is 1.47. The first-order chi connectivity index (χ1) is 14.0. The molecule has 0 radical (unpaired) electrons. The van der Waals surface area contributed by atoms with Gasteiger partial charge in [-0.1, -0.05) is 0 Å². The fourth-order valence-electron chi connectivity index (χ4n) is 3.49. The summed E-state index contributed by atoms with van der Waals surface area (Å²) in [5.74, 6) is -0.316. The molecule has 8 nitrogen and oxygen atoms in total. The summed E-state index contributed by atoms with van der Waals surface area (Å²) in [6, 6.07) is 1.74. The molecule has 1 aromatic rings. The molecule has 0 saturated heterocycles. The second-order valence-corrected chi connectivity index (χ2v) is 6.84. The highest BCUT2D eigenvalue weighted by Crippen LogP contribution is 2.30. The maximum Gasteiger partial charge on any atom is 0.277 e. The molecule has 0 saturated carbocycles. The number of aromatic nitrogens is 2. The van der Waals surface area contributed by atoms with Gasteiger partial charge in [-0.3, -0.25) is 19.3 Å². The molecule has 29 heavy (non-hydrogen) atoms. The summed E-state index contributed by atoms with van der Waals surface area (Å²) in [4.78, 5) is 48.3. The van der Waals surface area contributed by atoms with Crippen molar-refractivity contribution in [2.75, 3.05) is 20.1 Å². The number of nitrogens with zero attached hydrogens (tertiary/aromatic N) is 4. The molecule has 0 aromatic carbocycles. The van der Waals surface area contributed by atoms with Crippen LogP contribution in [-0.4, -0.2) is 57.6 Å². The molecule has 146 valence electrons. The minimum Gasteiger partial charge on any atom is -0.357 e. The van der Waals surface area contributed by atoms with Gasteiger partial charge in [-0.25, -0.2) is 9.97 Å². The van der Waals surface area contributed by atoms with Crippen molar-refractivity contribution >= 4 is 23.3 Å². The fourth-order valence-corrected chi connectivity index (χ4v) is 3.49. The smallest absolute Gasteiger partial charge is 0.277 e. The summed E-state index contributed by atoms with van der Waals surface area (Å²) >= 11 is 0. The number of amides is 3. The van der Waals surface area contributed by atoms with Gasteiger partial charge in [-0.05, 0) is 37.1 Å². The number of likely N-dealkylation sites (N-methyl/N-ethyl adjacent to an activating group) is 1. The van der Waals surface area contributed by atoms with Crippen LogP contribution in [0.3, 0.4) is 0 Å². The summed E-state index contributed by atoms with van der Waals surface area (Å²) in [5.41, 5.74) is 5.20. The molecular formula is C21H19N5O3. The predicted molar refractivity (Wildman–Crippen MR) is 104 cm³/mol. The van der Waals surface area contributed by atoms with E-state index in [4.69, 9.17) is 0 Å². The number of imide groups is 1. The Labute approximate surface area is 167 Å². The minimum atomic E-state index is -0.343. The van der Waals surface area contributed by atoms with E-state index in [-0.39, 0.29) is 24.3 Å². The van der Waals surface area contributed by atoms with E-state index in [0.29, 0.717) is 35.8 Å². The number of nitrogens with one attached hydrogen (secondary N) is 1. The van der Waals surface area contributed by atoms with Crippen molar-refractivity contribution in [2.24, 2.45) is 0 Å². The topological polar surface area (TPSA) is 95.5 Å². The molecule has 3 heterocycles. The molecule has 2 aliphatic heterocycles. The van der Waals surface area contributed by atoms with E-state index < -0.39 is 0 Å². The molecule has 1 aliphatic carbocycles. The maximum absolute atomic E-state index is 12.6. The van der Waals surface area contributed by atoms with E-state index >= 15 is 0 Å². The van der Waals surface area contributed by atoms with Gasteiger partial charge in [0.15, 0.2) is 5.82 Å². The number of hydrogen-bond acceptors (Lipinski definition) is 6. The zero-order valence-corrected chi connectivity index (χ0v) is 15.9. The van der Waals surface area contributed by atoms with E-state index in [0.717, 1.165) is 16.9 Å². The van der Waals surface area contributed by atoms with Gasteiger partial charge >= 0.3 is 0 Å². The lowest BCUT2D eigenvalue weighted by molar-refractivity contribution is -0.136. The Balaban J connectivity index is 1.46. The summed E-state index contributed by atoms with van der Waals surface area (Å²) in [6.07, 6.45) is 11.6. The molecule has 1 aromatic heterocycles. The highest BCUT2D eigenvalue weighted by atomic mass is 16.2. The number of carbonyl (C=O) groups excluding carboxylic acids is 3. The van der Waals surface area contributed by atoms with Gasteiger partial charge in [0.05, 0.1) is 6.54 Å². The number of rotatable bonds is 4. The Morgan fingerprint density at radius 3 is 2.76 bits per heavy atom. The largest absolute Gasteiger partial charge is 0.357 e. The van der Waals surface area contributed by atoms with Crippen molar-refractivity contribution in [1.29, 1.82) is 0 Å². The molecule has 0 unspecified atom stereocenters. The van der Waals surface area contributed by atoms with Gasteiger partial charge < -0.3 is 10.2 Å². The quantitative estimate of drug-likeness (QED) is 0.608. The zero-order valence-electron chi connectivity index (χ0n) is 15.9. The third-order valence-corrected chi connectivity index (χ3v) is 4.89. The van der Waals surface area contributed by atoms with Crippen LogP contribution in [0.4, 0.5) is 0 Å². The Morgan fingerprint density at radius 2 is 1.97 bits per heavy atom. The first kappa shape index (κ1) is 18.6. The van der Waals surface area contributed by atoms with Crippen molar-refractivity contribution in [3.63, 3.8) is 0 Å². The van der Waals surface area contributed by atoms with Crippen LogP contribution in [0, 0.1) is 0 Å². The Bertz CT molecular complexity index is 1050. The van der Waals surface area contributed by atoms with Gasteiger partial charge in [0.25, 0.3) is 11.8 Å². The second-order valence-electron chi connectivity index (χ2n) is 6.84. The fraction of sp³-hybridized carbons (Fsp3) is 0.238. The third kappa shape index (κ3) is 3.66. The van der Waals surface area contributed by atoms with Gasteiger partial charge in [-0.15, -0.1) is 5.73 Å². The SMILES string of the molecule is CN1C(=O)C2=C(C1=O)N(CC(=O)NC1=CC=C(c3ncccn3)C=C=C1)CCC2. The normalized spacial score (nSPS) is 18.5. The van der Waals surface area contributed by atoms with Gasteiger partial charge in [0, 0.05) is 48.9 Å². The average molecular weight is 389 g/mol. The standard InChI is InChI=1S/C21H19N5O3/c1-25-20(28)16-7-3-12-26(18(16)21(25)29)13-17(27)24-15-6-2-5-14(8-9-15)19-22-10-4-11-23-19/h4-6,8-11H,3,7,12-13H2,1H3,(H,24,27). The van der Waals surface area contributed by atoms with Crippen molar-refractivity contribution in [3.8, 4) is 0 Å². The summed E-state index contributed by atoms with van der Waals surface area (Å²) < 4.78 is 0. The molecular weight excluding hydrogens is 370 g/mol. The van der Waals surface area contributed by atoms with Crippen LogP contribution in [-0.2, 0) is 14.4 Å². The minimum absolute atomic E-state index is 0.00104. The molecule has 0 fully saturated rings. The van der Waals surface area contributed by atoms with Gasteiger partial charge in [0.1, 0.15) is 5.70 Å². The highest BCUT2D eigenvalue weighted by Gasteiger charge is 2.40. The molecule has 3 aliphatic rings. The van der Waals surface area contributed by atoms with Crippen LogP contribution < -0.4 is 5.32 Å². The lowest BCUT2D eigenvalue weighted by Gasteiger charge is -2.28. The molecule has 1 N–H and O–H groups in total. The first-order valence-electron chi connectivity index (χ1n) is 9.27. The highest BCUT2D eigenvalue weighted by molar-refractivity contribution is 6.19. The lowest BCUT2D eigenvalue weighted by atomic mass is 10.0. The van der Waals surface area contributed by atoms with E-state index in [1.54, 1.807) is 47.7 Å². The van der Waals surface area contributed by atoms with E-state index in [1.807, 2.05) is 0 Å². The van der Waals surface area contributed by atoms with Crippen molar-refractivity contribution < 1.29 is 14.4 Å². The second kappa shape index (κ2) is 7.69. The lowest BCUT2D eigenvalue weighted by Crippen LogP contribution is -2.40. The molecule has 0 bridgehead atoms. The molecule has 4 rings (SSSR count).